The Morgan fingerprint density at radius 1 is 0.947 bits per heavy atom. The second kappa shape index (κ2) is 10.1. The van der Waals surface area contributed by atoms with Gasteiger partial charge in [0.15, 0.2) is 0 Å². The summed E-state index contributed by atoms with van der Waals surface area (Å²) in [5, 5.41) is 7.37. The summed E-state index contributed by atoms with van der Waals surface area (Å²) in [7, 11) is -3.89. The Hall–Kier alpha value is -4.50. The van der Waals surface area contributed by atoms with Crippen LogP contribution in [0.15, 0.2) is 88.3 Å². The third-order valence-corrected chi connectivity index (χ3v) is 7.77. The zero-order chi connectivity index (χ0) is 26.9. The van der Waals surface area contributed by atoms with Gasteiger partial charge < -0.3 is 9.84 Å². The Balaban J connectivity index is 1.41. The smallest absolute Gasteiger partial charge is 0.264 e. The van der Waals surface area contributed by atoms with E-state index in [9.17, 15) is 13.2 Å². The van der Waals surface area contributed by atoms with E-state index in [-0.39, 0.29) is 16.7 Å². The number of hydrogen-bond donors (Lipinski definition) is 2. The zero-order valence-electron chi connectivity index (χ0n) is 21.1. The predicted octanol–water partition coefficient (Wildman–Crippen LogP) is 6.12. The number of benzene rings is 3. The fourth-order valence-corrected chi connectivity index (χ4v) is 5.08. The molecule has 5 aromatic rings. The Bertz CT molecular complexity index is 1740. The van der Waals surface area contributed by atoms with Crippen molar-refractivity contribution in [2.45, 2.75) is 32.1 Å². The number of hydrogen-bond acceptors (Lipinski definition) is 6. The van der Waals surface area contributed by atoms with Crippen molar-refractivity contribution in [3.8, 4) is 11.3 Å². The van der Waals surface area contributed by atoms with Gasteiger partial charge in [-0.1, -0.05) is 54.5 Å². The molecule has 38 heavy (non-hydrogen) atoms. The van der Waals surface area contributed by atoms with E-state index < -0.39 is 10.0 Å². The average Bonchev–Trinajstić information content (AvgIpc) is 3.24. The first-order valence-corrected chi connectivity index (χ1v) is 13.6. The number of para-hydroxylation sites is 1. The minimum Gasteiger partial charge on any atom is -0.337 e. The van der Waals surface area contributed by atoms with Gasteiger partial charge in [-0.2, -0.15) is 0 Å². The first-order valence-electron chi connectivity index (χ1n) is 12.1. The number of carbonyl (C=O) groups is 1. The molecule has 0 aliphatic heterocycles. The Labute approximate surface area is 220 Å². The summed E-state index contributed by atoms with van der Waals surface area (Å²) < 4.78 is 33.0. The third-order valence-electron chi connectivity index (χ3n) is 6.43. The van der Waals surface area contributed by atoms with Crippen LogP contribution in [0.3, 0.4) is 0 Å². The Morgan fingerprint density at radius 3 is 2.32 bits per heavy atom. The molecule has 0 saturated heterocycles. The molecule has 0 aliphatic rings. The molecule has 8 nitrogen and oxygen atoms in total. The molecule has 2 aromatic heterocycles. The van der Waals surface area contributed by atoms with E-state index in [1.54, 1.807) is 32.0 Å². The van der Waals surface area contributed by atoms with Crippen LogP contribution in [0.2, 0.25) is 0 Å². The molecule has 0 spiro atoms. The highest BCUT2D eigenvalue weighted by molar-refractivity contribution is 7.92. The van der Waals surface area contributed by atoms with Crippen LogP contribution in [-0.4, -0.2) is 24.5 Å². The number of nitrogens with zero attached hydrogens (tertiary/aromatic N) is 2. The number of rotatable bonds is 7. The number of fused-ring (bicyclic) bond motifs is 1. The number of aryl methyl sites for hydroxylation is 2. The summed E-state index contributed by atoms with van der Waals surface area (Å²) in [6.07, 6.45) is 0.939. The first-order chi connectivity index (χ1) is 18.2. The third kappa shape index (κ3) is 5.01. The fraction of sp³-hybridized carbons (Fsp3) is 0.138. The van der Waals surface area contributed by atoms with Gasteiger partial charge in [0.25, 0.3) is 15.9 Å². The van der Waals surface area contributed by atoms with E-state index in [4.69, 9.17) is 9.51 Å². The topological polar surface area (TPSA) is 114 Å². The van der Waals surface area contributed by atoms with Crippen LogP contribution < -0.4 is 10.0 Å². The maximum Gasteiger partial charge on any atom is 0.264 e. The van der Waals surface area contributed by atoms with Gasteiger partial charge in [0.2, 0.25) is 5.88 Å². The molecule has 0 aliphatic carbocycles. The van der Waals surface area contributed by atoms with Gasteiger partial charge in [0, 0.05) is 22.2 Å². The monoisotopic (exact) mass is 526 g/mol. The van der Waals surface area contributed by atoms with Gasteiger partial charge in [-0.05, 0) is 62.2 Å². The Morgan fingerprint density at radius 2 is 1.66 bits per heavy atom. The van der Waals surface area contributed by atoms with Crippen molar-refractivity contribution in [3.63, 3.8) is 0 Å². The summed E-state index contributed by atoms with van der Waals surface area (Å²) in [5.41, 5.74) is 5.69. The molecule has 1 amide bonds. The lowest BCUT2D eigenvalue weighted by Crippen LogP contribution is -2.15. The number of nitrogens with one attached hydrogen (secondary N) is 2. The molecule has 9 heteroatoms. The quantitative estimate of drug-likeness (QED) is 0.264. The van der Waals surface area contributed by atoms with E-state index in [1.807, 2.05) is 36.4 Å². The lowest BCUT2D eigenvalue weighted by molar-refractivity contribution is 0.102. The minimum atomic E-state index is -3.89. The summed E-state index contributed by atoms with van der Waals surface area (Å²) in [6, 6.07) is 23.3. The average molecular weight is 527 g/mol. The van der Waals surface area contributed by atoms with E-state index in [0.29, 0.717) is 33.7 Å². The standard InChI is InChI=1S/C29H26N4O4S/c1-4-20-9-11-21(12-10-20)27-17-25(24-7-5-6-8-26(24)31-27)28(34)30-22-13-15-23(16-14-22)38(35,36)33-29-18(2)19(3)32-37-29/h5-17,33H,4H2,1-3H3,(H,30,34). The summed E-state index contributed by atoms with van der Waals surface area (Å²) in [4.78, 5) is 18.2. The van der Waals surface area contributed by atoms with Gasteiger partial charge in [0.05, 0.1) is 27.4 Å². The minimum absolute atomic E-state index is 0.0242. The number of aromatic nitrogens is 2. The van der Waals surface area contributed by atoms with Crippen LogP contribution >= 0.6 is 0 Å². The van der Waals surface area contributed by atoms with Crippen LogP contribution in [0, 0.1) is 13.8 Å². The molecule has 0 saturated carbocycles. The van der Waals surface area contributed by atoms with Crippen molar-refractivity contribution < 1.29 is 17.7 Å². The normalized spacial score (nSPS) is 11.4. The molecule has 0 radical (unpaired) electrons. The lowest BCUT2D eigenvalue weighted by atomic mass is 10.0. The highest BCUT2D eigenvalue weighted by atomic mass is 32.2. The van der Waals surface area contributed by atoms with Gasteiger partial charge in [-0.25, -0.2) is 18.1 Å². The molecule has 0 unspecified atom stereocenters. The number of carbonyl (C=O) groups excluding carboxylic acids is 1. The van der Waals surface area contributed by atoms with Gasteiger partial charge in [-0.3, -0.25) is 4.79 Å². The van der Waals surface area contributed by atoms with Crippen LogP contribution in [-0.2, 0) is 16.4 Å². The molecule has 0 fully saturated rings. The fourth-order valence-electron chi connectivity index (χ4n) is 4.03. The number of sulfonamides is 1. The molecule has 2 heterocycles. The second-order valence-electron chi connectivity index (χ2n) is 8.93. The number of anilines is 2. The molecule has 0 bridgehead atoms. The predicted molar refractivity (Wildman–Crippen MR) is 148 cm³/mol. The van der Waals surface area contributed by atoms with E-state index >= 15 is 0 Å². The SMILES string of the molecule is CCc1ccc(-c2cc(C(=O)Nc3ccc(S(=O)(=O)Nc4onc(C)c4C)cc3)c3ccccc3n2)cc1. The van der Waals surface area contributed by atoms with Crippen molar-refractivity contribution >= 4 is 38.4 Å². The van der Waals surface area contributed by atoms with E-state index in [2.05, 4.69) is 34.3 Å². The molecule has 5 rings (SSSR count). The molecule has 3 aromatic carbocycles. The van der Waals surface area contributed by atoms with E-state index in [0.717, 1.165) is 17.4 Å². The maximum atomic E-state index is 13.4. The van der Waals surface area contributed by atoms with Gasteiger partial charge in [0.1, 0.15) is 0 Å². The Kier molecular flexibility index (Phi) is 6.69. The van der Waals surface area contributed by atoms with Gasteiger partial charge >= 0.3 is 0 Å². The van der Waals surface area contributed by atoms with Crippen molar-refractivity contribution in [1.82, 2.24) is 10.1 Å². The highest BCUT2D eigenvalue weighted by Crippen LogP contribution is 2.27. The number of amides is 1. The summed E-state index contributed by atoms with van der Waals surface area (Å²) >= 11 is 0. The van der Waals surface area contributed by atoms with Crippen LogP contribution in [0.4, 0.5) is 11.6 Å². The van der Waals surface area contributed by atoms with Crippen LogP contribution in [0.1, 0.15) is 34.1 Å². The maximum absolute atomic E-state index is 13.4. The molecular weight excluding hydrogens is 500 g/mol. The van der Waals surface area contributed by atoms with Crippen molar-refractivity contribution in [2.24, 2.45) is 0 Å². The molecule has 0 atom stereocenters. The second-order valence-corrected chi connectivity index (χ2v) is 10.6. The summed E-state index contributed by atoms with van der Waals surface area (Å²) in [5.74, 6) is -0.249. The highest BCUT2D eigenvalue weighted by Gasteiger charge is 2.20. The lowest BCUT2D eigenvalue weighted by Gasteiger charge is -2.12. The molecule has 2 N–H and O–H groups in total. The van der Waals surface area contributed by atoms with Gasteiger partial charge in [-0.15, -0.1) is 0 Å². The summed E-state index contributed by atoms with van der Waals surface area (Å²) in [6.45, 7) is 5.55. The van der Waals surface area contributed by atoms with Crippen molar-refractivity contribution in [1.29, 1.82) is 0 Å². The number of pyridine rings is 1. The van der Waals surface area contributed by atoms with Crippen LogP contribution in [0.5, 0.6) is 0 Å². The van der Waals surface area contributed by atoms with Crippen molar-refractivity contribution in [2.75, 3.05) is 10.0 Å². The molecule has 192 valence electrons. The van der Waals surface area contributed by atoms with Crippen LogP contribution in [0.25, 0.3) is 22.2 Å². The zero-order valence-corrected chi connectivity index (χ0v) is 22.0. The largest absolute Gasteiger partial charge is 0.337 e. The molecular formula is C29H26N4O4S. The van der Waals surface area contributed by atoms with E-state index in [1.165, 1.54) is 17.7 Å². The van der Waals surface area contributed by atoms with Crippen molar-refractivity contribution in [3.05, 3.63) is 101 Å². The first kappa shape index (κ1) is 25.2.